The van der Waals surface area contributed by atoms with Crippen molar-refractivity contribution in [1.29, 1.82) is 0 Å². The normalized spacial score (nSPS) is 19.7. The molecule has 0 amide bonds. The summed E-state index contributed by atoms with van der Waals surface area (Å²) in [5, 5.41) is 3.61. The van der Waals surface area contributed by atoms with E-state index in [1.165, 1.54) is 32.7 Å². The zero-order chi connectivity index (χ0) is 13.6. The van der Waals surface area contributed by atoms with Crippen LogP contribution in [0.15, 0.2) is 0 Å². The van der Waals surface area contributed by atoms with Crippen molar-refractivity contribution in [1.82, 2.24) is 20.0 Å². The number of hydrogen-bond acceptors (Lipinski definition) is 4. The molecule has 1 aliphatic heterocycles. The fourth-order valence-corrected chi connectivity index (χ4v) is 2.65. The molecule has 0 bridgehead atoms. The van der Waals surface area contributed by atoms with E-state index in [-0.39, 0.29) is 0 Å². The topological polar surface area (TPSA) is 21.8 Å². The van der Waals surface area contributed by atoms with E-state index in [0.717, 1.165) is 19.6 Å². The number of hydrogen-bond donors (Lipinski definition) is 1. The zero-order valence-electron chi connectivity index (χ0n) is 13.0. The van der Waals surface area contributed by atoms with Gasteiger partial charge in [-0.15, -0.1) is 0 Å². The lowest BCUT2D eigenvalue weighted by Crippen LogP contribution is -2.47. The van der Waals surface area contributed by atoms with E-state index in [4.69, 9.17) is 0 Å². The average Bonchev–Trinajstić information content (AvgIpc) is 2.25. The molecule has 0 unspecified atom stereocenters. The Morgan fingerprint density at radius 3 is 2.28 bits per heavy atom. The van der Waals surface area contributed by atoms with Gasteiger partial charge in [0.1, 0.15) is 0 Å². The fourth-order valence-electron chi connectivity index (χ4n) is 2.65. The molecule has 0 radical (unpaired) electrons. The molecule has 0 saturated carbocycles. The lowest BCUT2D eigenvalue weighted by Gasteiger charge is -2.33. The van der Waals surface area contributed by atoms with E-state index >= 15 is 0 Å². The van der Waals surface area contributed by atoms with Gasteiger partial charge < -0.3 is 15.1 Å². The zero-order valence-corrected chi connectivity index (χ0v) is 13.0. The van der Waals surface area contributed by atoms with E-state index < -0.39 is 0 Å². The minimum Gasteiger partial charge on any atom is -0.315 e. The highest BCUT2D eigenvalue weighted by atomic mass is 15.2. The van der Waals surface area contributed by atoms with Gasteiger partial charge in [0.2, 0.25) is 0 Å². The summed E-state index contributed by atoms with van der Waals surface area (Å²) in [5.74, 6) is 0. The summed E-state index contributed by atoms with van der Waals surface area (Å²) in [6.07, 6.45) is 0. The molecule has 0 atom stereocenters. The van der Waals surface area contributed by atoms with Gasteiger partial charge in [-0.05, 0) is 26.6 Å². The first kappa shape index (κ1) is 15.9. The predicted molar refractivity (Wildman–Crippen MR) is 79.1 cm³/mol. The second kappa shape index (κ2) is 7.43. The Kier molecular flexibility index (Phi) is 6.57. The maximum absolute atomic E-state index is 3.61. The molecule has 0 aromatic rings. The van der Waals surface area contributed by atoms with Crippen LogP contribution >= 0.6 is 0 Å². The minimum absolute atomic E-state index is 0.353. The largest absolute Gasteiger partial charge is 0.315 e. The number of likely N-dealkylation sites (N-methyl/N-ethyl adjacent to an activating group) is 1. The second-order valence-corrected chi connectivity index (χ2v) is 6.72. The number of piperazine rings is 1. The average molecular weight is 256 g/mol. The Labute approximate surface area is 113 Å². The lowest BCUT2D eigenvalue weighted by molar-refractivity contribution is 0.152. The molecule has 0 aromatic carbocycles. The van der Waals surface area contributed by atoms with Crippen molar-refractivity contribution in [2.24, 2.45) is 5.41 Å². The maximum atomic E-state index is 3.61. The van der Waals surface area contributed by atoms with Crippen LogP contribution in [-0.2, 0) is 0 Å². The van der Waals surface area contributed by atoms with Gasteiger partial charge in [-0.25, -0.2) is 0 Å². The molecule has 4 nitrogen and oxygen atoms in total. The highest BCUT2D eigenvalue weighted by Gasteiger charge is 2.18. The Bertz CT molecular complexity index is 220. The first-order valence-corrected chi connectivity index (χ1v) is 7.15. The molecule has 4 heteroatoms. The molecule has 1 N–H and O–H groups in total. The van der Waals surface area contributed by atoms with Crippen molar-refractivity contribution in [3.63, 3.8) is 0 Å². The van der Waals surface area contributed by atoms with Crippen LogP contribution < -0.4 is 5.32 Å². The van der Waals surface area contributed by atoms with Crippen LogP contribution in [-0.4, -0.2) is 88.2 Å². The molecule has 1 fully saturated rings. The third-order valence-electron chi connectivity index (χ3n) is 3.55. The summed E-state index contributed by atoms with van der Waals surface area (Å²) in [6.45, 7) is 14.1. The van der Waals surface area contributed by atoms with Crippen LogP contribution in [0.5, 0.6) is 0 Å². The van der Waals surface area contributed by atoms with E-state index in [1.807, 2.05) is 0 Å². The molecule has 0 aliphatic carbocycles. The lowest BCUT2D eigenvalue weighted by atomic mass is 9.93. The van der Waals surface area contributed by atoms with Gasteiger partial charge in [0.05, 0.1) is 0 Å². The number of rotatable bonds is 7. The molecule has 1 heterocycles. The summed E-state index contributed by atoms with van der Waals surface area (Å²) >= 11 is 0. The van der Waals surface area contributed by atoms with Crippen molar-refractivity contribution in [2.45, 2.75) is 13.8 Å². The smallest absolute Gasteiger partial charge is 0.0110 e. The summed E-state index contributed by atoms with van der Waals surface area (Å²) in [5.41, 5.74) is 0.353. The Morgan fingerprint density at radius 2 is 1.72 bits per heavy atom. The van der Waals surface area contributed by atoms with Gasteiger partial charge in [0, 0.05) is 52.4 Å². The standard InChI is InChI=1S/C14H32N4/c1-14(2,13-16(3)4)12-15-6-7-18-10-8-17(5)9-11-18/h15H,6-13H2,1-5H3. The Morgan fingerprint density at radius 1 is 1.11 bits per heavy atom. The van der Waals surface area contributed by atoms with Crippen molar-refractivity contribution < 1.29 is 0 Å². The van der Waals surface area contributed by atoms with Crippen molar-refractivity contribution in [3.05, 3.63) is 0 Å². The number of nitrogens with one attached hydrogen (secondary N) is 1. The molecule has 0 spiro atoms. The van der Waals surface area contributed by atoms with Crippen LogP contribution in [0.1, 0.15) is 13.8 Å². The molecule has 0 aromatic heterocycles. The summed E-state index contributed by atoms with van der Waals surface area (Å²) < 4.78 is 0. The molecule has 18 heavy (non-hydrogen) atoms. The van der Waals surface area contributed by atoms with Crippen LogP contribution in [0.2, 0.25) is 0 Å². The molecular formula is C14H32N4. The number of nitrogens with zero attached hydrogens (tertiary/aromatic N) is 3. The molecular weight excluding hydrogens is 224 g/mol. The van der Waals surface area contributed by atoms with Crippen LogP contribution in [0, 0.1) is 5.41 Å². The molecule has 1 saturated heterocycles. The monoisotopic (exact) mass is 256 g/mol. The predicted octanol–water partition coefficient (Wildman–Crippen LogP) is 0.411. The van der Waals surface area contributed by atoms with Gasteiger partial charge >= 0.3 is 0 Å². The highest BCUT2D eigenvalue weighted by molar-refractivity contribution is 4.75. The van der Waals surface area contributed by atoms with Crippen molar-refractivity contribution >= 4 is 0 Å². The first-order chi connectivity index (χ1) is 8.39. The summed E-state index contributed by atoms with van der Waals surface area (Å²) in [7, 11) is 6.50. The van der Waals surface area contributed by atoms with Crippen LogP contribution in [0.4, 0.5) is 0 Å². The quantitative estimate of drug-likeness (QED) is 0.666. The summed E-state index contributed by atoms with van der Waals surface area (Å²) in [4.78, 5) is 7.23. The second-order valence-electron chi connectivity index (χ2n) is 6.72. The Hall–Kier alpha value is -0.160. The van der Waals surface area contributed by atoms with Gasteiger partial charge in [-0.3, -0.25) is 4.90 Å². The van der Waals surface area contributed by atoms with Gasteiger partial charge in [0.15, 0.2) is 0 Å². The minimum atomic E-state index is 0.353. The van der Waals surface area contributed by atoms with E-state index in [0.29, 0.717) is 5.41 Å². The maximum Gasteiger partial charge on any atom is 0.0110 e. The molecule has 108 valence electrons. The summed E-state index contributed by atoms with van der Waals surface area (Å²) in [6, 6.07) is 0. The van der Waals surface area contributed by atoms with E-state index in [9.17, 15) is 0 Å². The third-order valence-corrected chi connectivity index (χ3v) is 3.55. The van der Waals surface area contributed by atoms with Crippen LogP contribution in [0.25, 0.3) is 0 Å². The SMILES string of the molecule is CN(C)CC(C)(C)CNCCN1CCN(C)CC1. The Balaban J connectivity index is 2.07. The third kappa shape index (κ3) is 6.69. The van der Waals surface area contributed by atoms with Crippen molar-refractivity contribution in [3.8, 4) is 0 Å². The van der Waals surface area contributed by atoms with Gasteiger partial charge in [0.25, 0.3) is 0 Å². The van der Waals surface area contributed by atoms with Gasteiger partial charge in [-0.1, -0.05) is 13.8 Å². The molecule has 1 rings (SSSR count). The first-order valence-electron chi connectivity index (χ1n) is 7.15. The van der Waals surface area contributed by atoms with E-state index in [1.54, 1.807) is 0 Å². The van der Waals surface area contributed by atoms with Crippen molar-refractivity contribution in [2.75, 3.05) is 73.5 Å². The highest BCUT2D eigenvalue weighted by Crippen LogP contribution is 2.13. The van der Waals surface area contributed by atoms with Crippen LogP contribution in [0.3, 0.4) is 0 Å². The van der Waals surface area contributed by atoms with E-state index in [2.05, 4.69) is 55.0 Å². The molecule has 1 aliphatic rings. The van der Waals surface area contributed by atoms with Gasteiger partial charge in [-0.2, -0.15) is 0 Å². The fraction of sp³-hybridized carbons (Fsp3) is 1.00.